The van der Waals surface area contributed by atoms with Crippen LogP contribution in [0.25, 0.3) is 0 Å². The first kappa shape index (κ1) is 18.4. The van der Waals surface area contributed by atoms with Gasteiger partial charge in [0.25, 0.3) is 15.9 Å². The predicted octanol–water partition coefficient (Wildman–Crippen LogP) is -0.580. The molecule has 4 N–H and O–H groups in total. The maximum Gasteiger partial charge on any atom is 0.412 e. The number of sulfonamides is 1. The van der Waals surface area contributed by atoms with E-state index in [0.29, 0.717) is 0 Å². The Balaban J connectivity index is 2.00. The lowest BCUT2D eigenvalue weighted by Crippen LogP contribution is -2.33. The van der Waals surface area contributed by atoms with Crippen molar-refractivity contribution in [2.75, 3.05) is 12.4 Å². The molecule has 11 nitrogen and oxygen atoms in total. The standard InChI is InChI=1S/C13H16N6O5S/c1-24-13(21)15-11-7-19(18-16-11)8-12(20)17-25(22,23)10-4-2-9(6-14)3-5-10/h2-5,7H,6,8,14H2,1H3,(H,15,21)(H,17,20). The predicted molar refractivity (Wildman–Crippen MR) is 85.7 cm³/mol. The molecule has 0 fully saturated rings. The number of hydrogen-bond donors (Lipinski definition) is 3. The number of benzene rings is 1. The molecule has 2 amide bonds. The van der Waals surface area contributed by atoms with E-state index >= 15 is 0 Å². The van der Waals surface area contributed by atoms with Crippen LogP contribution >= 0.6 is 0 Å². The number of aromatic nitrogens is 3. The Labute approximate surface area is 143 Å². The van der Waals surface area contributed by atoms with Gasteiger partial charge in [-0.15, -0.1) is 5.10 Å². The van der Waals surface area contributed by atoms with E-state index in [-0.39, 0.29) is 17.3 Å². The summed E-state index contributed by atoms with van der Waals surface area (Å²) in [4.78, 5) is 22.9. The maximum absolute atomic E-state index is 12.1. The molecule has 1 aromatic heterocycles. The van der Waals surface area contributed by atoms with Gasteiger partial charge in [-0.05, 0) is 17.7 Å². The molecule has 25 heavy (non-hydrogen) atoms. The quantitative estimate of drug-likeness (QED) is 0.611. The summed E-state index contributed by atoms with van der Waals surface area (Å²) in [5.74, 6) is -0.766. The van der Waals surface area contributed by atoms with Gasteiger partial charge in [-0.3, -0.25) is 10.1 Å². The number of methoxy groups -OCH3 is 1. The molecule has 134 valence electrons. The molecule has 0 unspecified atom stereocenters. The minimum absolute atomic E-state index is 0.0554. The summed E-state index contributed by atoms with van der Waals surface area (Å²) in [6.45, 7) is -0.128. The first-order chi connectivity index (χ1) is 11.8. The van der Waals surface area contributed by atoms with E-state index in [9.17, 15) is 18.0 Å². The van der Waals surface area contributed by atoms with Crippen molar-refractivity contribution in [3.05, 3.63) is 36.0 Å². The number of nitrogens with zero attached hydrogens (tertiary/aromatic N) is 3. The number of nitrogens with one attached hydrogen (secondary N) is 2. The molecule has 0 saturated heterocycles. The highest BCUT2D eigenvalue weighted by molar-refractivity contribution is 7.90. The molecule has 0 aliphatic heterocycles. The zero-order valence-electron chi connectivity index (χ0n) is 13.2. The van der Waals surface area contributed by atoms with E-state index in [4.69, 9.17) is 5.73 Å². The van der Waals surface area contributed by atoms with Gasteiger partial charge in [-0.2, -0.15) is 0 Å². The molecular formula is C13H16N6O5S. The van der Waals surface area contributed by atoms with Gasteiger partial charge in [0.05, 0.1) is 18.2 Å². The van der Waals surface area contributed by atoms with Crippen LogP contribution < -0.4 is 15.8 Å². The van der Waals surface area contributed by atoms with Crippen LogP contribution in [0.5, 0.6) is 0 Å². The summed E-state index contributed by atoms with van der Waals surface area (Å²) in [5, 5.41) is 9.44. The van der Waals surface area contributed by atoms with Crippen molar-refractivity contribution >= 4 is 27.8 Å². The van der Waals surface area contributed by atoms with Crippen molar-refractivity contribution in [1.29, 1.82) is 0 Å². The van der Waals surface area contributed by atoms with Gasteiger partial charge >= 0.3 is 6.09 Å². The first-order valence-electron chi connectivity index (χ1n) is 6.94. The van der Waals surface area contributed by atoms with E-state index in [1.54, 1.807) is 12.1 Å². The largest absolute Gasteiger partial charge is 0.453 e. The Kier molecular flexibility index (Phi) is 5.67. The van der Waals surface area contributed by atoms with Crippen molar-refractivity contribution in [3.8, 4) is 0 Å². The topological polar surface area (TPSA) is 158 Å². The van der Waals surface area contributed by atoms with Gasteiger partial charge in [-0.1, -0.05) is 17.3 Å². The Bertz CT molecular complexity index is 861. The highest BCUT2D eigenvalue weighted by Crippen LogP contribution is 2.10. The van der Waals surface area contributed by atoms with Crippen LogP contribution in [0.4, 0.5) is 10.6 Å². The number of anilines is 1. The monoisotopic (exact) mass is 368 g/mol. The van der Waals surface area contributed by atoms with Gasteiger partial charge in [0.1, 0.15) is 6.54 Å². The summed E-state index contributed by atoms with van der Waals surface area (Å²) in [5.41, 5.74) is 6.21. The van der Waals surface area contributed by atoms with Gasteiger partial charge < -0.3 is 10.5 Å². The van der Waals surface area contributed by atoms with Crippen LogP contribution in [-0.4, -0.2) is 42.5 Å². The van der Waals surface area contributed by atoms with E-state index in [0.717, 1.165) is 10.2 Å². The lowest BCUT2D eigenvalue weighted by Gasteiger charge is -2.07. The summed E-state index contributed by atoms with van der Waals surface area (Å²) in [6, 6.07) is 5.82. The summed E-state index contributed by atoms with van der Waals surface area (Å²) in [7, 11) is -2.83. The number of hydrogen-bond acceptors (Lipinski definition) is 8. The molecule has 0 aliphatic rings. The van der Waals surface area contributed by atoms with Gasteiger partial charge in [0.2, 0.25) is 0 Å². The molecule has 0 bridgehead atoms. The van der Waals surface area contributed by atoms with Crippen LogP contribution in [0, 0.1) is 0 Å². The zero-order valence-corrected chi connectivity index (χ0v) is 14.0. The van der Waals surface area contributed by atoms with Crippen LogP contribution in [0.1, 0.15) is 5.56 Å². The van der Waals surface area contributed by atoms with Crippen molar-refractivity contribution in [1.82, 2.24) is 19.7 Å². The average Bonchev–Trinajstić information content (AvgIpc) is 3.00. The number of ether oxygens (including phenoxy) is 1. The molecule has 1 heterocycles. The first-order valence-corrected chi connectivity index (χ1v) is 8.42. The van der Waals surface area contributed by atoms with Crippen LogP contribution in [-0.2, 0) is 32.6 Å². The smallest absolute Gasteiger partial charge is 0.412 e. The van der Waals surface area contributed by atoms with E-state index < -0.39 is 28.6 Å². The molecule has 12 heteroatoms. The Morgan fingerprint density at radius 2 is 1.96 bits per heavy atom. The highest BCUT2D eigenvalue weighted by Gasteiger charge is 2.18. The molecule has 0 radical (unpaired) electrons. The second kappa shape index (κ2) is 7.72. The van der Waals surface area contributed by atoms with E-state index in [2.05, 4.69) is 20.4 Å². The number of carbonyl (C=O) groups is 2. The summed E-state index contributed by atoms with van der Waals surface area (Å²) >= 11 is 0. The fourth-order valence-electron chi connectivity index (χ4n) is 1.78. The molecule has 0 saturated carbocycles. The van der Waals surface area contributed by atoms with Crippen molar-refractivity contribution < 1.29 is 22.7 Å². The van der Waals surface area contributed by atoms with Gasteiger partial charge in [0, 0.05) is 6.54 Å². The SMILES string of the molecule is COC(=O)Nc1cn(CC(=O)NS(=O)(=O)c2ccc(CN)cc2)nn1. The molecule has 0 spiro atoms. The minimum Gasteiger partial charge on any atom is -0.453 e. The molecule has 0 aliphatic carbocycles. The second-order valence-corrected chi connectivity index (χ2v) is 6.48. The molecule has 0 atom stereocenters. The van der Waals surface area contributed by atoms with E-state index in [1.807, 2.05) is 4.72 Å². The molecule has 1 aromatic carbocycles. The highest BCUT2D eigenvalue weighted by atomic mass is 32.2. The average molecular weight is 368 g/mol. The molecule has 2 rings (SSSR count). The maximum atomic E-state index is 12.1. The van der Waals surface area contributed by atoms with Crippen LogP contribution in [0.2, 0.25) is 0 Å². The number of amides is 2. The minimum atomic E-state index is -4.01. The Hall–Kier alpha value is -2.99. The number of carbonyl (C=O) groups excluding carboxylic acids is 2. The second-order valence-electron chi connectivity index (χ2n) is 4.79. The molecule has 2 aromatic rings. The summed E-state index contributed by atoms with van der Waals surface area (Å²) in [6.07, 6.45) is 0.499. The van der Waals surface area contributed by atoms with E-state index in [1.165, 1.54) is 25.4 Å². The number of nitrogens with two attached hydrogens (primary N) is 1. The van der Waals surface area contributed by atoms with Gasteiger partial charge in [-0.25, -0.2) is 22.6 Å². The Morgan fingerprint density at radius 3 is 2.56 bits per heavy atom. The fourth-order valence-corrected chi connectivity index (χ4v) is 2.76. The Morgan fingerprint density at radius 1 is 1.28 bits per heavy atom. The van der Waals surface area contributed by atoms with Crippen molar-refractivity contribution in [3.63, 3.8) is 0 Å². The third kappa shape index (κ3) is 4.99. The van der Waals surface area contributed by atoms with Crippen LogP contribution in [0.15, 0.2) is 35.4 Å². The third-order valence-electron chi connectivity index (χ3n) is 2.98. The third-order valence-corrected chi connectivity index (χ3v) is 4.37. The van der Waals surface area contributed by atoms with Crippen molar-refractivity contribution in [2.45, 2.75) is 18.0 Å². The van der Waals surface area contributed by atoms with Crippen LogP contribution in [0.3, 0.4) is 0 Å². The lowest BCUT2D eigenvalue weighted by atomic mass is 10.2. The zero-order chi connectivity index (χ0) is 18.4. The lowest BCUT2D eigenvalue weighted by molar-refractivity contribution is -0.120. The molecular weight excluding hydrogens is 352 g/mol. The number of rotatable bonds is 6. The summed E-state index contributed by atoms with van der Waals surface area (Å²) < 4.78 is 31.6. The van der Waals surface area contributed by atoms with Crippen molar-refractivity contribution in [2.24, 2.45) is 5.73 Å². The fraction of sp³-hybridized carbons (Fsp3) is 0.231. The van der Waals surface area contributed by atoms with Gasteiger partial charge in [0.15, 0.2) is 5.82 Å². The normalized spacial score (nSPS) is 11.0.